The van der Waals surface area contributed by atoms with E-state index < -0.39 is 17.8 Å². The summed E-state index contributed by atoms with van der Waals surface area (Å²) in [6.45, 7) is 4.05. The summed E-state index contributed by atoms with van der Waals surface area (Å²) in [6.07, 6.45) is 0. The number of ether oxygens (including phenoxy) is 2. The second-order valence-corrected chi connectivity index (χ2v) is 7.39. The van der Waals surface area contributed by atoms with E-state index in [0.717, 1.165) is 5.56 Å². The Morgan fingerprint density at radius 1 is 1.21 bits per heavy atom. The maximum atomic E-state index is 13.2. The van der Waals surface area contributed by atoms with Crippen LogP contribution in [0.3, 0.4) is 0 Å². The van der Waals surface area contributed by atoms with E-state index in [-0.39, 0.29) is 17.5 Å². The fourth-order valence-corrected chi connectivity index (χ4v) is 3.15. The smallest absolute Gasteiger partial charge is 0.320 e. The average molecular weight is 430 g/mol. The molecule has 5 nitrogen and oxygen atoms in total. The zero-order chi connectivity index (χ0) is 20.8. The molecule has 0 saturated carbocycles. The van der Waals surface area contributed by atoms with E-state index in [1.54, 1.807) is 12.1 Å². The van der Waals surface area contributed by atoms with Gasteiger partial charge in [-0.25, -0.2) is 4.39 Å². The molecule has 0 aliphatic carbocycles. The Labute approximate surface area is 173 Å². The number of carboxylic acids is 1. The zero-order valence-electron chi connectivity index (χ0n) is 15.8. The number of aliphatic carboxylic acids is 1. The Kier molecular flexibility index (Phi) is 7.92. The van der Waals surface area contributed by atoms with Gasteiger partial charge in [0.05, 0.1) is 17.2 Å². The molecule has 0 fully saturated rings. The van der Waals surface area contributed by atoms with Gasteiger partial charge < -0.3 is 19.9 Å². The van der Waals surface area contributed by atoms with Gasteiger partial charge in [-0.1, -0.05) is 43.1 Å². The maximum Gasteiger partial charge on any atom is 0.320 e. The minimum Gasteiger partial charge on any atom is -0.493 e. The van der Waals surface area contributed by atoms with Crippen molar-refractivity contribution in [2.45, 2.75) is 33.0 Å². The van der Waals surface area contributed by atoms with Gasteiger partial charge in [-0.3, -0.25) is 4.79 Å². The summed E-state index contributed by atoms with van der Waals surface area (Å²) in [5.41, 5.74) is 1.36. The van der Waals surface area contributed by atoms with Crippen molar-refractivity contribution in [3.8, 4) is 11.5 Å². The van der Waals surface area contributed by atoms with Crippen LogP contribution >= 0.6 is 23.2 Å². The molecule has 2 rings (SSSR count). The second kappa shape index (κ2) is 9.96. The Morgan fingerprint density at radius 3 is 2.50 bits per heavy atom. The van der Waals surface area contributed by atoms with Crippen LogP contribution in [0.2, 0.25) is 10.0 Å². The van der Waals surface area contributed by atoms with E-state index in [0.29, 0.717) is 28.6 Å². The summed E-state index contributed by atoms with van der Waals surface area (Å²) in [5, 5.41) is 12.8. The Balaban J connectivity index is 2.15. The van der Waals surface area contributed by atoms with Crippen LogP contribution in [0.15, 0.2) is 30.3 Å². The summed E-state index contributed by atoms with van der Waals surface area (Å²) in [6, 6.07) is 6.76. The molecule has 2 aromatic carbocycles. The average Bonchev–Trinajstić information content (AvgIpc) is 2.61. The van der Waals surface area contributed by atoms with E-state index in [2.05, 4.69) is 5.32 Å². The van der Waals surface area contributed by atoms with E-state index in [9.17, 15) is 14.3 Å². The third-order valence-electron chi connectivity index (χ3n) is 4.14. The monoisotopic (exact) mass is 429 g/mol. The van der Waals surface area contributed by atoms with Crippen molar-refractivity contribution in [1.82, 2.24) is 5.32 Å². The summed E-state index contributed by atoms with van der Waals surface area (Å²) >= 11 is 12.4. The van der Waals surface area contributed by atoms with Crippen LogP contribution in [0.4, 0.5) is 4.39 Å². The first-order valence-electron chi connectivity index (χ1n) is 8.62. The van der Waals surface area contributed by atoms with Crippen molar-refractivity contribution in [1.29, 1.82) is 0 Å². The van der Waals surface area contributed by atoms with Gasteiger partial charge in [-0.05, 0) is 35.7 Å². The highest BCUT2D eigenvalue weighted by molar-refractivity contribution is 6.32. The number of carbonyl (C=O) groups is 1. The fraction of sp³-hybridized carbons (Fsp3) is 0.350. The van der Waals surface area contributed by atoms with Crippen molar-refractivity contribution < 1.29 is 23.8 Å². The minimum absolute atomic E-state index is 0.0714. The predicted molar refractivity (Wildman–Crippen MR) is 107 cm³/mol. The van der Waals surface area contributed by atoms with Crippen molar-refractivity contribution in [3.63, 3.8) is 0 Å². The van der Waals surface area contributed by atoms with E-state index in [1.165, 1.54) is 25.3 Å². The Bertz CT molecular complexity index is 845. The molecule has 0 aromatic heterocycles. The molecular formula is C20H22Cl2FNO4. The van der Waals surface area contributed by atoms with Gasteiger partial charge in [0, 0.05) is 12.1 Å². The molecule has 8 heteroatoms. The number of carboxylic acid groups (broad SMARTS) is 1. The summed E-state index contributed by atoms with van der Waals surface area (Å²) in [4.78, 5) is 11.3. The third kappa shape index (κ3) is 5.74. The number of hydrogen-bond acceptors (Lipinski definition) is 4. The molecule has 0 aliphatic heterocycles. The standard InChI is InChI=1S/C20H22Cl2FNO4/c1-11(2)18(20(25)26)24-9-12-6-16(22)19(17(7-12)27-3)28-10-13-4-5-14(23)8-15(13)21/h4-8,11,18,24H,9-10H2,1-3H3,(H,25,26). The first-order chi connectivity index (χ1) is 13.2. The quantitative estimate of drug-likeness (QED) is 0.591. The first kappa shape index (κ1) is 22.3. The van der Waals surface area contributed by atoms with E-state index in [4.69, 9.17) is 32.7 Å². The number of hydrogen-bond donors (Lipinski definition) is 2. The van der Waals surface area contributed by atoms with Gasteiger partial charge in [0.15, 0.2) is 11.5 Å². The van der Waals surface area contributed by atoms with E-state index in [1.807, 2.05) is 13.8 Å². The first-order valence-corrected chi connectivity index (χ1v) is 9.37. The SMILES string of the molecule is COc1cc(CNC(C(=O)O)C(C)C)cc(Cl)c1OCc1ccc(F)cc1Cl. The van der Waals surface area contributed by atoms with E-state index >= 15 is 0 Å². The number of halogens is 3. The lowest BCUT2D eigenvalue weighted by atomic mass is 10.0. The lowest BCUT2D eigenvalue weighted by Crippen LogP contribution is -2.40. The van der Waals surface area contributed by atoms with Gasteiger partial charge in [0.2, 0.25) is 0 Å². The number of rotatable bonds is 9. The van der Waals surface area contributed by atoms with Crippen LogP contribution < -0.4 is 14.8 Å². The molecule has 2 N–H and O–H groups in total. The minimum atomic E-state index is -0.913. The third-order valence-corrected chi connectivity index (χ3v) is 4.77. The molecule has 0 bridgehead atoms. The van der Waals surface area contributed by atoms with Crippen molar-refractivity contribution in [2.24, 2.45) is 5.92 Å². The van der Waals surface area contributed by atoms with Crippen LogP contribution in [-0.2, 0) is 17.9 Å². The molecule has 0 saturated heterocycles. The Morgan fingerprint density at radius 2 is 1.93 bits per heavy atom. The molecule has 1 unspecified atom stereocenters. The normalized spacial score (nSPS) is 12.1. The van der Waals surface area contributed by atoms with Crippen LogP contribution in [0.5, 0.6) is 11.5 Å². The largest absolute Gasteiger partial charge is 0.493 e. The van der Waals surface area contributed by atoms with Gasteiger partial charge >= 0.3 is 5.97 Å². The fourth-order valence-electron chi connectivity index (χ4n) is 2.64. The number of benzene rings is 2. The molecule has 0 aliphatic rings. The predicted octanol–water partition coefficient (Wildman–Crippen LogP) is 4.92. The molecule has 0 spiro atoms. The molecule has 152 valence electrons. The van der Waals surface area contributed by atoms with Crippen molar-refractivity contribution in [2.75, 3.05) is 7.11 Å². The highest BCUT2D eigenvalue weighted by Crippen LogP contribution is 2.37. The molecule has 28 heavy (non-hydrogen) atoms. The van der Waals surface area contributed by atoms with Gasteiger partial charge in [0.25, 0.3) is 0 Å². The van der Waals surface area contributed by atoms with Gasteiger partial charge in [0.1, 0.15) is 18.5 Å². The lowest BCUT2D eigenvalue weighted by molar-refractivity contribution is -0.140. The summed E-state index contributed by atoms with van der Waals surface area (Å²) in [7, 11) is 1.48. The lowest BCUT2D eigenvalue weighted by Gasteiger charge is -2.19. The molecule has 2 aromatic rings. The molecular weight excluding hydrogens is 408 g/mol. The molecule has 0 radical (unpaired) electrons. The number of methoxy groups -OCH3 is 1. The van der Waals surface area contributed by atoms with Crippen LogP contribution in [-0.4, -0.2) is 24.2 Å². The van der Waals surface area contributed by atoms with Crippen molar-refractivity contribution >= 4 is 29.2 Å². The van der Waals surface area contributed by atoms with Crippen LogP contribution in [0, 0.1) is 11.7 Å². The van der Waals surface area contributed by atoms with Gasteiger partial charge in [-0.15, -0.1) is 0 Å². The second-order valence-electron chi connectivity index (χ2n) is 6.57. The molecule has 1 atom stereocenters. The maximum absolute atomic E-state index is 13.2. The van der Waals surface area contributed by atoms with Crippen LogP contribution in [0.1, 0.15) is 25.0 Å². The number of nitrogens with one attached hydrogen (secondary N) is 1. The molecule has 0 heterocycles. The topological polar surface area (TPSA) is 67.8 Å². The van der Waals surface area contributed by atoms with Crippen LogP contribution in [0.25, 0.3) is 0 Å². The van der Waals surface area contributed by atoms with Crippen molar-refractivity contribution in [3.05, 3.63) is 57.3 Å². The Hall–Kier alpha value is -2.02. The highest BCUT2D eigenvalue weighted by Gasteiger charge is 2.21. The summed E-state index contributed by atoms with van der Waals surface area (Å²) in [5.74, 6) is -0.685. The zero-order valence-corrected chi connectivity index (χ0v) is 17.3. The molecule has 0 amide bonds. The summed E-state index contributed by atoms with van der Waals surface area (Å²) < 4.78 is 24.3. The highest BCUT2D eigenvalue weighted by atomic mass is 35.5. The van der Waals surface area contributed by atoms with Gasteiger partial charge in [-0.2, -0.15) is 0 Å².